The van der Waals surface area contributed by atoms with Gasteiger partial charge in [0.25, 0.3) is 0 Å². The van der Waals surface area contributed by atoms with Gasteiger partial charge < -0.3 is 0 Å². The van der Waals surface area contributed by atoms with Crippen molar-refractivity contribution in [3.05, 3.63) is 93.9 Å². The second-order valence-electron chi connectivity index (χ2n) is 7.65. The van der Waals surface area contributed by atoms with E-state index in [9.17, 15) is 9.59 Å². The van der Waals surface area contributed by atoms with Crippen molar-refractivity contribution < 1.29 is 9.36 Å². The van der Waals surface area contributed by atoms with Crippen molar-refractivity contribution in [1.82, 2.24) is 4.57 Å². The molecule has 1 aromatic heterocycles. The summed E-state index contributed by atoms with van der Waals surface area (Å²) in [4.78, 5) is 31.3. The van der Waals surface area contributed by atoms with Gasteiger partial charge >= 0.3 is 11.5 Å². The van der Waals surface area contributed by atoms with Gasteiger partial charge in [-0.05, 0) is 36.3 Å². The van der Waals surface area contributed by atoms with Gasteiger partial charge in [0.15, 0.2) is 17.5 Å². The van der Waals surface area contributed by atoms with Crippen LogP contribution in [-0.2, 0) is 13.0 Å². The summed E-state index contributed by atoms with van der Waals surface area (Å²) in [6, 6.07) is 13.5. The highest BCUT2D eigenvalue weighted by Gasteiger charge is 2.38. The zero-order valence-electron chi connectivity index (χ0n) is 17.0. The van der Waals surface area contributed by atoms with E-state index in [4.69, 9.17) is 4.99 Å². The number of Topliss-reactive ketones (excluding diaryl/α,β-unsaturated/α-hetero) is 1. The predicted octanol–water partition coefficient (Wildman–Crippen LogP) is 3.80. The number of nitrogens with zero attached hydrogens (tertiary/aromatic N) is 3. The van der Waals surface area contributed by atoms with Gasteiger partial charge in [-0.15, -0.1) is 0 Å². The van der Waals surface area contributed by atoms with Crippen LogP contribution in [0.2, 0.25) is 0 Å². The number of aromatic nitrogens is 2. The first kappa shape index (κ1) is 18.4. The molecule has 0 amide bonds. The Morgan fingerprint density at radius 3 is 2.77 bits per heavy atom. The molecule has 1 aliphatic heterocycles. The Morgan fingerprint density at radius 1 is 1.13 bits per heavy atom. The third-order valence-electron chi connectivity index (χ3n) is 6.00. The third-order valence-corrected chi connectivity index (χ3v) is 6.00. The van der Waals surface area contributed by atoms with Gasteiger partial charge in [0, 0.05) is 5.56 Å². The normalized spacial score (nSPS) is 16.5. The van der Waals surface area contributed by atoms with E-state index >= 15 is 0 Å². The van der Waals surface area contributed by atoms with Crippen LogP contribution in [0.3, 0.4) is 0 Å². The molecule has 2 aliphatic rings. The van der Waals surface area contributed by atoms with E-state index in [0.29, 0.717) is 17.9 Å². The minimum Gasteiger partial charge on any atom is -0.291 e. The zero-order valence-corrected chi connectivity index (χ0v) is 17.0. The molecule has 5 rings (SSSR count). The molecule has 1 aliphatic carbocycles. The van der Waals surface area contributed by atoms with E-state index in [-0.39, 0.29) is 23.9 Å². The molecule has 2 heterocycles. The Morgan fingerprint density at radius 2 is 1.93 bits per heavy atom. The zero-order chi connectivity index (χ0) is 20.8. The van der Waals surface area contributed by atoms with E-state index < -0.39 is 0 Å². The summed E-state index contributed by atoms with van der Waals surface area (Å²) >= 11 is 0. The van der Waals surface area contributed by atoms with Crippen LogP contribution in [0.15, 0.2) is 76.6 Å². The van der Waals surface area contributed by atoms with Crippen molar-refractivity contribution in [2.24, 2.45) is 4.99 Å². The van der Waals surface area contributed by atoms with Crippen molar-refractivity contribution in [3.63, 3.8) is 0 Å². The second kappa shape index (κ2) is 7.02. The van der Waals surface area contributed by atoms with Crippen LogP contribution in [0.5, 0.6) is 0 Å². The Balaban J connectivity index is 1.67. The molecule has 30 heavy (non-hydrogen) atoms. The molecular formula is C25H22N3O2+. The van der Waals surface area contributed by atoms with Crippen molar-refractivity contribution in [1.29, 1.82) is 0 Å². The number of fused-ring (bicyclic) bond motifs is 4. The van der Waals surface area contributed by atoms with Gasteiger partial charge in [0.1, 0.15) is 6.54 Å². The first-order valence-corrected chi connectivity index (χ1v) is 10.2. The lowest BCUT2D eigenvalue weighted by Crippen LogP contribution is -2.47. The number of carbonyl (C=O) groups is 1. The highest BCUT2D eigenvalue weighted by Crippen LogP contribution is 2.28. The molecule has 0 N–H and O–H groups in total. The summed E-state index contributed by atoms with van der Waals surface area (Å²) in [5.74, 6) is 0.545. The average Bonchev–Trinajstić information content (AvgIpc) is 3.16. The van der Waals surface area contributed by atoms with Crippen LogP contribution in [0, 0.1) is 6.92 Å². The van der Waals surface area contributed by atoms with Crippen LogP contribution < -0.4 is 10.1 Å². The number of benzene rings is 2. The second-order valence-corrected chi connectivity index (χ2v) is 7.65. The molecule has 148 valence electrons. The number of hydrogen-bond donors (Lipinski definition) is 0. The maximum Gasteiger partial charge on any atom is 0.403 e. The first-order chi connectivity index (χ1) is 14.6. The van der Waals surface area contributed by atoms with E-state index in [2.05, 4.69) is 0 Å². The molecule has 5 nitrogen and oxygen atoms in total. The number of carbonyl (C=O) groups excluding carboxylic acids is 1. The fourth-order valence-electron chi connectivity index (χ4n) is 4.45. The van der Waals surface area contributed by atoms with Crippen molar-refractivity contribution in [2.45, 2.75) is 32.9 Å². The Bertz CT molecular complexity index is 1350. The number of allylic oxidation sites excluding steroid dienone is 4. The maximum atomic E-state index is 13.4. The number of hydrogen-bond acceptors (Lipinski definition) is 3. The molecule has 1 unspecified atom stereocenters. The molecule has 0 radical (unpaired) electrons. The Labute approximate surface area is 174 Å². The minimum atomic E-state index is -0.206. The fraction of sp³-hybridized carbons (Fsp3) is 0.200. The van der Waals surface area contributed by atoms with Crippen LogP contribution in [0.25, 0.3) is 10.8 Å². The summed E-state index contributed by atoms with van der Waals surface area (Å²) in [5, 5.41) is 1.98. The molecule has 1 atom stereocenters. The molecule has 5 heteroatoms. The molecule has 3 aromatic rings. The van der Waals surface area contributed by atoms with Crippen molar-refractivity contribution >= 4 is 28.2 Å². The molecule has 0 fully saturated rings. The Kier molecular flexibility index (Phi) is 4.31. The molecular weight excluding hydrogens is 374 g/mol. The monoisotopic (exact) mass is 396 g/mol. The molecule has 0 bridgehead atoms. The lowest BCUT2D eigenvalue weighted by Gasteiger charge is -2.14. The van der Waals surface area contributed by atoms with Crippen LogP contribution >= 0.6 is 0 Å². The quantitative estimate of drug-likeness (QED) is 0.498. The number of rotatable bonds is 4. The van der Waals surface area contributed by atoms with Crippen LogP contribution in [0.4, 0.5) is 5.95 Å². The molecule has 0 saturated carbocycles. The summed E-state index contributed by atoms with van der Waals surface area (Å²) in [7, 11) is 0. The van der Waals surface area contributed by atoms with Gasteiger partial charge in [-0.1, -0.05) is 66.5 Å². The van der Waals surface area contributed by atoms with E-state index in [1.54, 1.807) is 4.57 Å². The lowest BCUT2D eigenvalue weighted by atomic mass is 10.0. The van der Waals surface area contributed by atoms with Crippen molar-refractivity contribution in [3.8, 4) is 0 Å². The van der Waals surface area contributed by atoms with Gasteiger partial charge in [-0.3, -0.25) is 9.59 Å². The number of ketones is 1. The standard InChI is InChI=1S/C25H22N3O2/c1-3-18-16(2)27(25-26-21-13-6-7-14-22(21)28(25)24(18)30)15-23(29)20-12-8-10-17-9-4-5-11-19(17)20/h4-14,22H,3,15H2,1-2H3/q+1. The molecule has 0 spiro atoms. The summed E-state index contributed by atoms with van der Waals surface area (Å²) < 4.78 is 3.62. The number of aliphatic imine (C=N–C) groups is 1. The van der Waals surface area contributed by atoms with E-state index in [1.165, 1.54) is 0 Å². The lowest BCUT2D eigenvalue weighted by molar-refractivity contribution is -0.680. The van der Waals surface area contributed by atoms with Crippen molar-refractivity contribution in [2.75, 3.05) is 0 Å². The summed E-state index contributed by atoms with van der Waals surface area (Å²) in [6.07, 6.45) is 8.36. The highest BCUT2D eigenvalue weighted by atomic mass is 16.1. The Hall–Kier alpha value is -3.60. The van der Waals surface area contributed by atoms with Crippen LogP contribution in [-0.4, -0.2) is 16.1 Å². The topological polar surface area (TPSA) is 55.3 Å². The maximum absolute atomic E-state index is 13.4. The van der Waals surface area contributed by atoms with Gasteiger partial charge in [0.05, 0.1) is 11.3 Å². The smallest absolute Gasteiger partial charge is 0.291 e. The molecule has 0 saturated heterocycles. The van der Waals surface area contributed by atoms with E-state index in [0.717, 1.165) is 27.7 Å². The minimum absolute atomic E-state index is 0.00422. The first-order valence-electron chi connectivity index (χ1n) is 10.2. The average molecular weight is 396 g/mol. The highest BCUT2D eigenvalue weighted by molar-refractivity contribution is 6.07. The van der Waals surface area contributed by atoms with Gasteiger partial charge in [-0.2, -0.15) is 4.57 Å². The van der Waals surface area contributed by atoms with E-state index in [1.807, 2.05) is 85.2 Å². The van der Waals surface area contributed by atoms with Gasteiger partial charge in [0.2, 0.25) is 0 Å². The fourth-order valence-corrected chi connectivity index (χ4v) is 4.45. The van der Waals surface area contributed by atoms with Crippen LogP contribution in [0.1, 0.15) is 34.6 Å². The van der Waals surface area contributed by atoms with Gasteiger partial charge in [-0.25, -0.2) is 4.57 Å². The SMILES string of the molecule is CCc1c(C)[n+](CC(=O)c2cccc3ccccc23)c2n(c1=O)C1C=CC=CC1=N2. The third kappa shape index (κ3) is 2.70. The molecule has 2 aromatic carbocycles. The summed E-state index contributed by atoms with van der Waals surface area (Å²) in [5.41, 5.74) is 3.02. The summed E-state index contributed by atoms with van der Waals surface area (Å²) in [6.45, 7) is 4.02. The largest absolute Gasteiger partial charge is 0.403 e. The predicted molar refractivity (Wildman–Crippen MR) is 118 cm³/mol.